The van der Waals surface area contributed by atoms with Crippen LogP contribution in [0.2, 0.25) is 0 Å². The van der Waals surface area contributed by atoms with Crippen molar-refractivity contribution in [3.8, 4) is 0 Å². The van der Waals surface area contributed by atoms with E-state index >= 15 is 0 Å². The molecule has 1 aromatic heterocycles. The van der Waals surface area contributed by atoms with Crippen molar-refractivity contribution in [1.82, 2.24) is 9.78 Å². The summed E-state index contributed by atoms with van der Waals surface area (Å²) in [6.07, 6.45) is 7.18. The molecule has 1 fully saturated rings. The molecule has 2 rings (SSSR count). The number of anilines is 1. The van der Waals surface area contributed by atoms with E-state index in [-0.39, 0.29) is 29.1 Å². The number of nitrogens with two attached hydrogens (primary N) is 1. The lowest BCUT2D eigenvalue weighted by Gasteiger charge is -2.35. The van der Waals surface area contributed by atoms with Gasteiger partial charge in [0.05, 0.1) is 5.69 Å². The highest BCUT2D eigenvalue weighted by Gasteiger charge is 2.33. The molecular weight excluding hydrogens is 324 g/mol. The maximum Gasteiger partial charge on any atom is 0.226 e. The number of carbonyl (C=O) groups is 1. The highest BCUT2D eigenvalue weighted by atomic mass is 35.5. The third-order valence-corrected chi connectivity index (χ3v) is 4.79. The molecule has 0 saturated heterocycles. The van der Waals surface area contributed by atoms with Crippen molar-refractivity contribution in [2.45, 2.75) is 65.7 Å². The highest BCUT2D eigenvalue weighted by Crippen LogP contribution is 2.38. The van der Waals surface area contributed by atoms with E-state index in [0.29, 0.717) is 13.0 Å². The Bertz CT molecular complexity index is 542. The van der Waals surface area contributed by atoms with E-state index in [2.05, 4.69) is 31.2 Å². The lowest BCUT2D eigenvalue weighted by Crippen LogP contribution is -2.36. The first kappa shape index (κ1) is 21.0. The highest BCUT2D eigenvalue weighted by molar-refractivity contribution is 5.90. The number of carbonyl (C=O) groups excluding carboxylic acids is 1. The first-order valence-electron chi connectivity index (χ1n) is 8.76. The zero-order chi connectivity index (χ0) is 17.1. The topological polar surface area (TPSA) is 72.9 Å². The van der Waals surface area contributed by atoms with Crippen molar-refractivity contribution in [3.05, 3.63) is 11.8 Å². The smallest absolute Gasteiger partial charge is 0.226 e. The standard InChI is InChI=1S/C18H32N4O.ClH/c1-17(2,3)11-14-10-15(22(4)21-14)20-16(23)12-18(13-19)8-6-5-7-9-18;/h10H,5-9,11-13,19H2,1-4H3,(H,20,23);1H. The largest absolute Gasteiger partial charge is 0.330 e. The third kappa shape index (κ3) is 5.78. The lowest BCUT2D eigenvalue weighted by atomic mass is 9.71. The van der Waals surface area contributed by atoms with Crippen LogP contribution in [0.3, 0.4) is 0 Å². The first-order valence-corrected chi connectivity index (χ1v) is 8.76. The predicted octanol–water partition coefficient (Wildman–Crippen LogP) is 3.67. The fourth-order valence-electron chi connectivity index (χ4n) is 3.56. The summed E-state index contributed by atoms with van der Waals surface area (Å²) >= 11 is 0. The molecule has 0 aromatic carbocycles. The Kier molecular flexibility index (Phi) is 7.29. The zero-order valence-corrected chi connectivity index (χ0v) is 16.3. The van der Waals surface area contributed by atoms with E-state index in [0.717, 1.165) is 30.8 Å². The molecule has 5 nitrogen and oxygen atoms in total. The molecule has 1 aliphatic carbocycles. The maximum atomic E-state index is 12.5. The van der Waals surface area contributed by atoms with Crippen LogP contribution in [0.5, 0.6) is 0 Å². The van der Waals surface area contributed by atoms with Crippen LogP contribution < -0.4 is 11.1 Å². The van der Waals surface area contributed by atoms with Gasteiger partial charge in [-0.3, -0.25) is 9.48 Å². The van der Waals surface area contributed by atoms with Gasteiger partial charge < -0.3 is 11.1 Å². The Morgan fingerprint density at radius 1 is 1.33 bits per heavy atom. The molecule has 1 heterocycles. The van der Waals surface area contributed by atoms with E-state index in [1.54, 1.807) is 4.68 Å². The van der Waals surface area contributed by atoms with Gasteiger partial charge in [-0.15, -0.1) is 12.4 Å². The van der Waals surface area contributed by atoms with Crippen LogP contribution >= 0.6 is 12.4 Å². The van der Waals surface area contributed by atoms with Crippen LogP contribution in [-0.4, -0.2) is 22.2 Å². The van der Waals surface area contributed by atoms with Crippen molar-refractivity contribution in [3.63, 3.8) is 0 Å². The molecule has 6 heteroatoms. The number of rotatable bonds is 5. The Balaban J connectivity index is 0.00000288. The number of nitrogens with one attached hydrogen (secondary N) is 1. The molecular formula is C18H33ClN4O. The molecule has 24 heavy (non-hydrogen) atoms. The SMILES string of the molecule is Cl.Cn1nc(CC(C)(C)C)cc1NC(=O)CC1(CN)CCCCC1. The fraction of sp³-hybridized carbons (Fsp3) is 0.778. The molecule has 1 saturated carbocycles. The minimum Gasteiger partial charge on any atom is -0.330 e. The van der Waals surface area contributed by atoms with E-state index in [1.165, 1.54) is 19.3 Å². The van der Waals surface area contributed by atoms with Crippen LogP contribution in [0.25, 0.3) is 0 Å². The van der Waals surface area contributed by atoms with E-state index in [9.17, 15) is 4.79 Å². The van der Waals surface area contributed by atoms with E-state index in [4.69, 9.17) is 5.73 Å². The second-order valence-corrected chi connectivity index (χ2v) is 8.37. The number of hydrogen-bond acceptors (Lipinski definition) is 3. The van der Waals surface area contributed by atoms with Gasteiger partial charge in [-0.05, 0) is 36.6 Å². The third-order valence-electron chi connectivity index (χ3n) is 4.79. The van der Waals surface area contributed by atoms with Crippen LogP contribution in [0.15, 0.2) is 6.07 Å². The Morgan fingerprint density at radius 3 is 2.50 bits per heavy atom. The van der Waals surface area contributed by atoms with E-state index in [1.807, 2.05) is 13.1 Å². The van der Waals surface area contributed by atoms with Gasteiger partial charge in [0.2, 0.25) is 5.91 Å². The summed E-state index contributed by atoms with van der Waals surface area (Å²) in [5.74, 6) is 0.833. The van der Waals surface area contributed by atoms with Gasteiger partial charge in [-0.2, -0.15) is 5.10 Å². The molecule has 138 valence electrons. The number of nitrogens with zero attached hydrogens (tertiary/aromatic N) is 2. The van der Waals surface area contributed by atoms with Gasteiger partial charge in [0, 0.05) is 19.5 Å². The molecule has 1 aliphatic rings. The van der Waals surface area contributed by atoms with Crippen LogP contribution in [0.4, 0.5) is 5.82 Å². The fourth-order valence-corrected chi connectivity index (χ4v) is 3.56. The summed E-state index contributed by atoms with van der Waals surface area (Å²) in [6.45, 7) is 7.16. The van der Waals surface area contributed by atoms with Gasteiger partial charge in [-0.25, -0.2) is 0 Å². The minimum atomic E-state index is -0.00480. The van der Waals surface area contributed by atoms with Crippen molar-refractivity contribution >= 4 is 24.1 Å². The summed E-state index contributed by atoms with van der Waals surface area (Å²) < 4.78 is 1.76. The maximum absolute atomic E-state index is 12.5. The van der Waals surface area contributed by atoms with Crippen LogP contribution in [0, 0.1) is 10.8 Å². The molecule has 3 N–H and O–H groups in total. The average molecular weight is 357 g/mol. The monoisotopic (exact) mass is 356 g/mol. The number of hydrogen-bond donors (Lipinski definition) is 2. The molecule has 1 amide bonds. The van der Waals surface area contributed by atoms with Gasteiger partial charge in [-0.1, -0.05) is 40.0 Å². The molecule has 0 bridgehead atoms. The Hall–Kier alpha value is -1.07. The van der Waals surface area contributed by atoms with Crippen molar-refractivity contribution in [2.24, 2.45) is 23.6 Å². The van der Waals surface area contributed by atoms with Crippen molar-refractivity contribution < 1.29 is 4.79 Å². The summed E-state index contributed by atoms with van der Waals surface area (Å²) in [7, 11) is 1.88. The first-order chi connectivity index (χ1) is 10.7. The zero-order valence-electron chi connectivity index (χ0n) is 15.5. The van der Waals surface area contributed by atoms with Crippen LogP contribution in [-0.2, 0) is 18.3 Å². The number of aryl methyl sites for hydroxylation is 1. The molecule has 0 aliphatic heterocycles. The van der Waals surface area contributed by atoms with Gasteiger partial charge in [0.15, 0.2) is 0 Å². The number of aromatic nitrogens is 2. The summed E-state index contributed by atoms with van der Waals surface area (Å²) in [5, 5.41) is 7.54. The molecule has 0 radical (unpaired) electrons. The van der Waals surface area contributed by atoms with Gasteiger partial charge in [0.25, 0.3) is 0 Å². The minimum absolute atomic E-state index is 0. The summed E-state index contributed by atoms with van der Waals surface area (Å²) in [5.41, 5.74) is 7.18. The molecule has 0 atom stereocenters. The molecule has 1 aromatic rings. The van der Waals surface area contributed by atoms with Gasteiger partial charge in [0.1, 0.15) is 5.82 Å². The summed E-state index contributed by atoms with van der Waals surface area (Å²) in [6, 6.07) is 1.99. The Morgan fingerprint density at radius 2 is 1.96 bits per heavy atom. The van der Waals surface area contributed by atoms with Crippen LogP contribution in [0.1, 0.15) is 65.0 Å². The second kappa shape index (κ2) is 8.34. The molecule has 0 spiro atoms. The van der Waals surface area contributed by atoms with Crippen molar-refractivity contribution in [1.29, 1.82) is 0 Å². The quantitative estimate of drug-likeness (QED) is 0.845. The average Bonchev–Trinajstić information content (AvgIpc) is 2.77. The number of halogens is 1. The lowest BCUT2D eigenvalue weighted by molar-refractivity contribution is -0.118. The summed E-state index contributed by atoms with van der Waals surface area (Å²) in [4.78, 5) is 12.5. The normalized spacial score (nSPS) is 17.2. The van der Waals surface area contributed by atoms with E-state index < -0.39 is 0 Å². The molecule has 0 unspecified atom stereocenters. The number of amides is 1. The second-order valence-electron chi connectivity index (χ2n) is 8.37. The van der Waals surface area contributed by atoms with Gasteiger partial charge >= 0.3 is 0 Å². The van der Waals surface area contributed by atoms with Crippen molar-refractivity contribution in [2.75, 3.05) is 11.9 Å². The predicted molar refractivity (Wildman–Crippen MR) is 101 cm³/mol. The Labute approximate surface area is 152 Å².